The Kier molecular flexibility index (Phi) is 5.89. The molecule has 2 fully saturated rings. The molecule has 1 saturated heterocycles. The molecule has 2 amide bonds. The lowest BCUT2D eigenvalue weighted by Crippen LogP contribution is -2.45. The topological polar surface area (TPSA) is 61.4 Å². The van der Waals surface area contributed by atoms with Crippen LogP contribution in [0, 0.1) is 11.8 Å². The average molecular weight is 394 g/mol. The third-order valence-corrected chi connectivity index (χ3v) is 5.45. The number of para-hydroxylation sites is 1. The monoisotopic (exact) mass is 393 g/mol. The molecule has 0 aromatic heterocycles. The highest BCUT2D eigenvalue weighted by Gasteiger charge is 2.28. The maximum absolute atomic E-state index is 12.4. The third-order valence-electron chi connectivity index (χ3n) is 4.76. The van der Waals surface area contributed by atoms with Crippen molar-refractivity contribution in [3.63, 3.8) is 0 Å². The van der Waals surface area contributed by atoms with Crippen LogP contribution >= 0.6 is 15.9 Å². The van der Waals surface area contributed by atoms with Crippen molar-refractivity contribution in [2.75, 3.05) is 31.5 Å². The van der Waals surface area contributed by atoms with Crippen LogP contribution in [-0.4, -0.2) is 42.9 Å². The number of amides is 2. The predicted octanol–water partition coefficient (Wildman–Crippen LogP) is 2.63. The summed E-state index contributed by atoms with van der Waals surface area (Å²) in [6, 6.07) is 7.61. The number of rotatable bonds is 6. The Morgan fingerprint density at radius 2 is 1.83 bits per heavy atom. The van der Waals surface area contributed by atoms with Crippen LogP contribution in [0.4, 0.5) is 5.69 Å². The highest BCUT2D eigenvalue weighted by Crippen LogP contribution is 2.27. The van der Waals surface area contributed by atoms with E-state index in [0.29, 0.717) is 19.6 Å². The maximum atomic E-state index is 12.4. The van der Waals surface area contributed by atoms with E-state index in [1.165, 1.54) is 12.8 Å². The minimum Gasteiger partial charge on any atom is -0.342 e. The maximum Gasteiger partial charge on any atom is 0.236 e. The van der Waals surface area contributed by atoms with Gasteiger partial charge in [0.05, 0.1) is 12.2 Å². The van der Waals surface area contributed by atoms with Crippen molar-refractivity contribution in [3.05, 3.63) is 28.7 Å². The summed E-state index contributed by atoms with van der Waals surface area (Å²) >= 11 is 3.44. The zero-order valence-electron chi connectivity index (χ0n) is 13.8. The molecular weight excluding hydrogens is 370 g/mol. The van der Waals surface area contributed by atoms with Gasteiger partial charge in [-0.25, -0.2) is 0 Å². The number of nitrogens with zero attached hydrogens (tertiary/aromatic N) is 1. The van der Waals surface area contributed by atoms with Crippen LogP contribution in [-0.2, 0) is 9.59 Å². The van der Waals surface area contributed by atoms with E-state index in [0.717, 1.165) is 35.5 Å². The predicted molar refractivity (Wildman–Crippen MR) is 97.7 cm³/mol. The van der Waals surface area contributed by atoms with Gasteiger partial charge in [0.25, 0.3) is 0 Å². The fraction of sp³-hybridized carbons (Fsp3) is 0.556. The minimum absolute atomic E-state index is 0.0272. The van der Waals surface area contributed by atoms with Gasteiger partial charge in [-0.3, -0.25) is 9.59 Å². The molecular formula is C18H24BrN3O2. The first kappa shape index (κ1) is 17.4. The number of carbonyl (C=O) groups excluding carboxylic acids is 2. The molecule has 1 saturated carbocycles. The summed E-state index contributed by atoms with van der Waals surface area (Å²) in [6.45, 7) is 2.71. The third kappa shape index (κ3) is 4.80. The molecule has 5 nitrogen and oxygen atoms in total. The Morgan fingerprint density at radius 1 is 1.12 bits per heavy atom. The van der Waals surface area contributed by atoms with Crippen molar-refractivity contribution in [2.24, 2.45) is 11.8 Å². The molecule has 1 aromatic carbocycles. The summed E-state index contributed by atoms with van der Waals surface area (Å²) in [5.74, 6) is 0.950. The van der Waals surface area contributed by atoms with Gasteiger partial charge in [0, 0.05) is 23.5 Å². The number of benzene rings is 1. The first-order chi connectivity index (χ1) is 11.6. The fourth-order valence-corrected chi connectivity index (χ4v) is 3.39. The van der Waals surface area contributed by atoms with E-state index in [-0.39, 0.29) is 17.7 Å². The van der Waals surface area contributed by atoms with Crippen LogP contribution in [0.1, 0.15) is 25.7 Å². The van der Waals surface area contributed by atoms with E-state index < -0.39 is 0 Å². The van der Waals surface area contributed by atoms with Gasteiger partial charge < -0.3 is 15.5 Å². The molecule has 3 rings (SSSR count). The number of nitrogens with one attached hydrogen (secondary N) is 2. The summed E-state index contributed by atoms with van der Waals surface area (Å²) in [4.78, 5) is 26.4. The van der Waals surface area contributed by atoms with Crippen LogP contribution in [0.3, 0.4) is 0 Å². The van der Waals surface area contributed by atoms with Gasteiger partial charge in [-0.05, 0) is 66.2 Å². The molecule has 6 heteroatoms. The molecule has 0 unspecified atom stereocenters. The Morgan fingerprint density at radius 3 is 2.50 bits per heavy atom. The molecule has 24 heavy (non-hydrogen) atoms. The summed E-state index contributed by atoms with van der Waals surface area (Å²) < 4.78 is 0.882. The lowest BCUT2D eigenvalue weighted by Gasteiger charge is -2.31. The number of likely N-dealkylation sites (tertiary alicyclic amines) is 1. The molecule has 2 N–H and O–H groups in total. The van der Waals surface area contributed by atoms with Crippen LogP contribution in [0.5, 0.6) is 0 Å². The molecule has 0 bridgehead atoms. The standard InChI is InChI=1S/C18H24BrN3O2/c19-15-3-1-2-4-16(15)21-18(24)14-7-9-22(10-8-14)17(23)12-20-11-13-5-6-13/h1-4,13-14,20H,5-12H2,(H,21,24). The summed E-state index contributed by atoms with van der Waals surface area (Å²) in [6.07, 6.45) is 4.04. The Bertz CT molecular complexity index is 596. The fourth-order valence-electron chi connectivity index (χ4n) is 3.01. The number of hydrogen-bond donors (Lipinski definition) is 2. The number of hydrogen-bond acceptors (Lipinski definition) is 3. The molecule has 2 aliphatic rings. The average Bonchev–Trinajstić information content (AvgIpc) is 3.41. The van der Waals surface area contributed by atoms with E-state index in [1.54, 1.807) is 0 Å². The highest BCUT2D eigenvalue weighted by molar-refractivity contribution is 9.10. The van der Waals surface area contributed by atoms with E-state index in [1.807, 2.05) is 29.2 Å². The van der Waals surface area contributed by atoms with Crippen LogP contribution < -0.4 is 10.6 Å². The zero-order valence-corrected chi connectivity index (χ0v) is 15.3. The second-order valence-corrected chi connectivity index (χ2v) is 7.55. The van der Waals surface area contributed by atoms with Crippen molar-refractivity contribution in [1.29, 1.82) is 0 Å². The number of anilines is 1. The quantitative estimate of drug-likeness (QED) is 0.780. The van der Waals surface area contributed by atoms with Crippen molar-refractivity contribution in [3.8, 4) is 0 Å². The zero-order chi connectivity index (χ0) is 16.9. The van der Waals surface area contributed by atoms with Gasteiger partial charge in [-0.15, -0.1) is 0 Å². The molecule has 1 aromatic rings. The van der Waals surface area contributed by atoms with E-state index in [2.05, 4.69) is 26.6 Å². The molecule has 0 spiro atoms. The molecule has 1 aliphatic heterocycles. The molecule has 1 heterocycles. The normalized spacial score (nSPS) is 18.5. The van der Waals surface area contributed by atoms with Crippen molar-refractivity contribution in [1.82, 2.24) is 10.2 Å². The minimum atomic E-state index is -0.0272. The highest BCUT2D eigenvalue weighted by atomic mass is 79.9. The number of carbonyl (C=O) groups is 2. The van der Waals surface area contributed by atoms with Crippen molar-refractivity contribution in [2.45, 2.75) is 25.7 Å². The summed E-state index contributed by atoms with van der Waals surface area (Å²) in [7, 11) is 0. The van der Waals surface area contributed by atoms with Crippen LogP contribution in [0.15, 0.2) is 28.7 Å². The second kappa shape index (κ2) is 8.12. The summed E-state index contributed by atoms with van der Waals surface area (Å²) in [5, 5.41) is 6.22. The SMILES string of the molecule is O=C(Nc1ccccc1Br)C1CCN(C(=O)CNCC2CC2)CC1. The van der Waals surface area contributed by atoms with E-state index in [9.17, 15) is 9.59 Å². The van der Waals surface area contributed by atoms with E-state index >= 15 is 0 Å². The van der Waals surface area contributed by atoms with Crippen molar-refractivity contribution >= 4 is 33.4 Å². The van der Waals surface area contributed by atoms with Gasteiger partial charge in [0.1, 0.15) is 0 Å². The molecule has 1 aliphatic carbocycles. The van der Waals surface area contributed by atoms with Gasteiger partial charge in [-0.2, -0.15) is 0 Å². The molecule has 130 valence electrons. The Balaban J connectivity index is 1.41. The van der Waals surface area contributed by atoms with Gasteiger partial charge in [0.2, 0.25) is 11.8 Å². The Labute approximate surface area is 151 Å². The van der Waals surface area contributed by atoms with Gasteiger partial charge in [0.15, 0.2) is 0 Å². The summed E-state index contributed by atoms with van der Waals surface area (Å²) in [5.41, 5.74) is 0.797. The van der Waals surface area contributed by atoms with Crippen LogP contribution in [0.25, 0.3) is 0 Å². The molecule has 0 radical (unpaired) electrons. The lowest BCUT2D eigenvalue weighted by molar-refractivity contribution is -0.133. The first-order valence-electron chi connectivity index (χ1n) is 8.67. The first-order valence-corrected chi connectivity index (χ1v) is 9.46. The van der Waals surface area contributed by atoms with Gasteiger partial charge >= 0.3 is 0 Å². The van der Waals surface area contributed by atoms with Crippen LogP contribution in [0.2, 0.25) is 0 Å². The number of halogens is 1. The van der Waals surface area contributed by atoms with E-state index in [4.69, 9.17) is 0 Å². The largest absolute Gasteiger partial charge is 0.342 e. The van der Waals surface area contributed by atoms with Crippen molar-refractivity contribution < 1.29 is 9.59 Å². The molecule has 0 atom stereocenters. The second-order valence-electron chi connectivity index (χ2n) is 6.70. The Hall–Kier alpha value is -1.40. The van der Waals surface area contributed by atoms with Gasteiger partial charge in [-0.1, -0.05) is 12.1 Å². The smallest absolute Gasteiger partial charge is 0.236 e. The lowest BCUT2D eigenvalue weighted by atomic mass is 9.95. The number of piperidine rings is 1.